The van der Waals surface area contributed by atoms with Crippen LogP contribution in [0.5, 0.6) is 0 Å². The van der Waals surface area contributed by atoms with Gasteiger partial charge in [-0.25, -0.2) is 0 Å². The van der Waals surface area contributed by atoms with Crippen LogP contribution in [0, 0.1) is 17.8 Å². The van der Waals surface area contributed by atoms with Crippen LogP contribution in [-0.2, 0) is 4.79 Å². The highest BCUT2D eigenvalue weighted by atomic mass is 16.4. The first-order chi connectivity index (χ1) is 7.32. The third-order valence-corrected chi connectivity index (χ3v) is 2.38. The molecule has 3 nitrogen and oxygen atoms in total. The van der Waals surface area contributed by atoms with Gasteiger partial charge in [0, 0.05) is 6.04 Å². The molecule has 0 aromatic rings. The fraction of sp³-hybridized carbons (Fsp3) is 0.769. The van der Waals surface area contributed by atoms with Crippen LogP contribution in [0.25, 0.3) is 0 Å². The van der Waals surface area contributed by atoms with Gasteiger partial charge in [-0.2, -0.15) is 0 Å². The van der Waals surface area contributed by atoms with Gasteiger partial charge in [0.15, 0.2) is 0 Å². The Balaban J connectivity index is 4.27. The van der Waals surface area contributed by atoms with Gasteiger partial charge in [0.05, 0.1) is 5.92 Å². The van der Waals surface area contributed by atoms with Gasteiger partial charge in [0.1, 0.15) is 0 Å². The molecule has 3 heteroatoms. The van der Waals surface area contributed by atoms with Gasteiger partial charge in [-0.05, 0) is 24.7 Å². The normalized spacial score (nSPS) is 15.9. The molecule has 0 aliphatic carbocycles. The first-order valence-electron chi connectivity index (χ1n) is 5.99. The van der Waals surface area contributed by atoms with Gasteiger partial charge >= 0.3 is 5.97 Å². The Hall–Kier alpha value is -0.830. The third kappa shape index (κ3) is 7.46. The van der Waals surface area contributed by atoms with E-state index in [-0.39, 0.29) is 6.04 Å². The third-order valence-electron chi connectivity index (χ3n) is 2.38. The maximum absolute atomic E-state index is 11.0. The van der Waals surface area contributed by atoms with E-state index in [0.717, 1.165) is 6.42 Å². The molecule has 0 aliphatic heterocycles. The zero-order valence-electron chi connectivity index (χ0n) is 10.8. The number of nitrogens with two attached hydrogens (primary N) is 1. The van der Waals surface area contributed by atoms with E-state index in [9.17, 15) is 4.79 Å². The molecule has 0 unspecified atom stereocenters. The average molecular weight is 227 g/mol. The zero-order chi connectivity index (χ0) is 12.7. The lowest BCUT2D eigenvalue weighted by Crippen LogP contribution is -2.21. The molecule has 0 bridgehead atoms. The molecule has 0 amide bonds. The van der Waals surface area contributed by atoms with Crippen molar-refractivity contribution >= 4 is 5.97 Å². The van der Waals surface area contributed by atoms with Crippen molar-refractivity contribution in [3.05, 3.63) is 12.2 Å². The van der Waals surface area contributed by atoms with Crippen LogP contribution in [-0.4, -0.2) is 17.1 Å². The van der Waals surface area contributed by atoms with Crippen LogP contribution in [0.4, 0.5) is 0 Å². The van der Waals surface area contributed by atoms with Crippen molar-refractivity contribution in [2.24, 2.45) is 23.5 Å². The lowest BCUT2D eigenvalue weighted by atomic mass is 9.95. The molecule has 2 atom stereocenters. The van der Waals surface area contributed by atoms with Crippen molar-refractivity contribution < 1.29 is 9.90 Å². The number of hydrogen-bond donors (Lipinski definition) is 2. The van der Waals surface area contributed by atoms with E-state index >= 15 is 0 Å². The van der Waals surface area contributed by atoms with Gasteiger partial charge in [0.2, 0.25) is 0 Å². The Morgan fingerprint density at radius 3 is 2.00 bits per heavy atom. The monoisotopic (exact) mass is 227 g/mol. The number of carbonyl (C=O) groups is 1. The standard InChI is InChI=1S/C13H25NO2/c1-9(2)7-11(13(15)16)5-6-12(14)8-10(3)4/h5-6,9-12H,7-8,14H2,1-4H3,(H,15,16)/b6-5+/t11-,12+/m0/s1. The summed E-state index contributed by atoms with van der Waals surface area (Å²) in [5.74, 6) is -0.250. The molecule has 0 aliphatic rings. The van der Waals surface area contributed by atoms with Crippen molar-refractivity contribution in [2.75, 3.05) is 0 Å². The second-order valence-electron chi connectivity index (χ2n) is 5.25. The minimum absolute atomic E-state index is 0.0333. The van der Waals surface area contributed by atoms with E-state index in [1.165, 1.54) is 0 Å². The van der Waals surface area contributed by atoms with Gasteiger partial charge in [-0.1, -0.05) is 39.8 Å². The first kappa shape index (κ1) is 15.2. The van der Waals surface area contributed by atoms with Crippen LogP contribution in [0.1, 0.15) is 40.5 Å². The predicted octanol–water partition coefficient (Wildman–Crippen LogP) is 2.66. The highest BCUT2D eigenvalue weighted by molar-refractivity contribution is 5.72. The van der Waals surface area contributed by atoms with Crippen molar-refractivity contribution in [2.45, 2.75) is 46.6 Å². The Bertz CT molecular complexity index is 234. The maximum atomic E-state index is 11.0. The van der Waals surface area contributed by atoms with Crippen LogP contribution in [0.2, 0.25) is 0 Å². The summed E-state index contributed by atoms with van der Waals surface area (Å²) >= 11 is 0. The summed E-state index contributed by atoms with van der Waals surface area (Å²) in [5, 5.41) is 9.02. The minimum Gasteiger partial charge on any atom is -0.481 e. The summed E-state index contributed by atoms with van der Waals surface area (Å²) < 4.78 is 0. The Labute approximate surface area is 98.7 Å². The Morgan fingerprint density at radius 2 is 1.62 bits per heavy atom. The van der Waals surface area contributed by atoms with E-state index in [1.807, 2.05) is 19.9 Å². The van der Waals surface area contributed by atoms with E-state index < -0.39 is 11.9 Å². The molecule has 0 aromatic carbocycles. The van der Waals surface area contributed by atoms with Crippen molar-refractivity contribution in [1.82, 2.24) is 0 Å². The summed E-state index contributed by atoms with van der Waals surface area (Å²) in [7, 11) is 0. The lowest BCUT2D eigenvalue weighted by molar-refractivity contribution is -0.140. The van der Waals surface area contributed by atoms with Crippen molar-refractivity contribution in [3.63, 3.8) is 0 Å². The van der Waals surface area contributed by atoms with Gasteiger partial charge in [0.25, 0.3) is 0 Å². The molecule has 3 N–H and O–H groups in total. The topological polar surface area (TPSA) is 63.3 Å². The molecule has 0 saturated heterocycles. The van der Waals surface area contributed by atoms with Crippen LogP contribution in [0.15, 0.2) is 12.2 Å². The SMILES string of the molecule is CC(C)C[C@H](N)/C=C/[C@@H](CC(C)C)C(=O)O. The van der Waals surface area contributed by atoms with Crippen LogP contribution in [0.3, 0.4) is 0 Å². The summed E-state index contributed by atoms with van der Waals surface area (Å²) in [5.41, 5.74) is 5.87. The molecule has 0 heterocycles. The van der Waals surface area contributed by atoms with E-state index in [0.29, 0.717) is 18.3 Å². The molecule has 0 rings (SSSR count). The van der Waals surface area contributed by atoms with E-state index in [4.69, 9.17) is 10.8 Å². The summed E-state index contributed by atoms with van der Waals surface area (Å²) in [6.07, 6.45) is 5.14. The molecular formula is C13H25NO2. The fourth-order valence-electron chi connectivity index (χ4n) is 1.67. The van der Waals surface area contributed by atoms with Gasteiger partial charge < -0.3 is 10.8 Å². The average Bonchev–Trinajstić information content (AvgIpc) is 2.09. The molecule has 0 radical (unpaired) electrons. The quantitative estimate of drug-likeness (QED) is 0.657. The second kappa shape index (κ2) is 7.44. The highest BCUT2D eigenvalue weighted by Crippen LogP contribution is 2.14. The van der Waals surface area contributed by atoms with Gasteiger partial charge in [-0.15, -0.1) is 0 Å². The van der Waals surface area contributed by atoms with Crippen LogP contribution >= 0.6 is 0 Å². The summed E-state index contributed by atoms with van der Waals surface area (Å²) in [4.78, 5) is 11.0. The second-order valence-corrected chi connectivity index (χ2v) is 5.25. The van der Waals surface area contributed by atoms with Crippen molar-refractivity contribution in [1.29, 1.82) is 0 Å². The van der Waals surface area contributed by atoms with E-state index in [2.05, 4.69) is 13.8 Å². The Morgan fingerprint density at radius 1 is 1.12 bits per heavy atom. The molecule has 0 spiro atoms. The number of rotatable bonds is 7. The summed E-state index contributed by atoms with van der Waals surface area (Å²) in [6, 6.07) is -0.0333. The van der Waals surface area contributed by atoms with Crippen molar-refractivity contribution in [3.8, 4) is 0 Å². The molecule has 0 aromatic heterocycles. The molecule has 0 fully saturated rings. The minimum atomic E-state index is -0.762. The molecule has 0 saturated carbocycles. The molecule has 16 heavy (non-hydrogen) atoms. The fourth-order valence-corrected chi connectivity index (χ4v) is 1.67. The van der Waals surface area contributed by atoms with E-state index in [1.54, 1.807) is 6.08 Å². The smallest absolute Gasteiger partial charge is 0.310 e. The molecular weight excluding hydrogens is 202 g/mol. The largest absolute Gasteiger partial charge is 0.481 e. The maximum Gasteiger partial charge on any atom is 0.310 e. The Kier molecular flexibility index (Phi) is 7.06. The first-order valence-corrected chi connectivity index (χ1v) is 5.99. The predicted molar refractivity (Wildman–Crippen MR) is 67.2 cm³/mol. The van der Waals surface area contributed by atoms with Gasteiger partial charge in [-0.3, -0.25) is 4.79 Å². The summed E-state index contributed by atoms with van der Waals surface area (Å²) in [6.45, 7) is 8.27. The number of carboxylic acids is 1. The van der Waals surface area contributed by atoms with Crippen LogP contribution < -0.4 is 5.73 Å². The number of carboxylic acid groups (broad SMARTS) is 1. The zero-order valence-corrected chi connectivity index (χ0v) is 10.8. The highest BCUT2D eigenvalue weighted by Gasteiger charge is 2.15. The number of hydrogen-bond acceptors (Lipinski definition) is 2. The molecule has 94 valence electrons. The number of aliphatic carboxylic acids is 1. The lowest BCUT2D eigenvalue weighted by Gasteiger charge is -2.13.